The van der Waals surface area contributed by atoms with Crippen molar-refractivity contribution < 1.29 is 37.4 Å². The van der Waals surface area contributed by atoms with Gasteiger partial charge in [0.2, 0.25) is 5.91 Å². The topological polar surface area (TPSA) is 90.4 Å². The van der Waals surface area contributed by atoms with Crippen molar-refractivity contribution in [1.29, 1.82) is 0 Å². The van der Waals surface area contributed by atoms with Crippen LogP contribution in [0.4, 0.5) is 18.9 Å². The first kappa shape index (κ1) is 28.7. The zero-order valence-corrected chi connectivity index (χ0v) is 23.2. The Bertz CT molecular complexity index is 1370. The van der Waals surface area contributed by atoms with Gasteiger partial charge in [0.05, 0.1) is 40.6 Å². The van der Waals surface area contributed by atoms with Gasteiger partial charge < -0.3 is 19.6 Å². The lowest BCUT2D eigenvalue weighted by atomic mass is 9.83. The largest absolute Gasteiger partial charge is 0.416 e. The highest BCUT2D eigenvalue weighted by atomic mass is 19.4. The van der Waals surface area contributed by atoms with Crippen molar-refractivity contribution >= 4 is 23.4 Å². The van der Waals surface area contributed by atoms with Crippen molar-refractivity contribution in [2.24, 2.45) is 5.92 Å². The summed E-state index contributed by atoms with van der Waals surface area (Å²) < 4.78 is 45.2. The highest BCUT2D eigenvalue weighted by Crippen LogP contribution is 2.38. The lowest BCUT2D eigenvalue weighted by molar-refractivity contribution is -0.140. The second-order valence-corrected chi connectivity index (χ2v) is 11.8. The number of likely N-dealkylation sites (tertiary alicyclic amines) is 1. The number of imide groups is 1. The molecule has 0 unspecified atom stereocenters. The van der Waals surface area contributed by atoms with Crippen LogP contribution in [0, 0.1) is 5.92 Å². The summed E-state index contributed by atoms with van der Waals surface area (Å²) in [6, 6.07) is 10.1. The summed E-state index contributed by atoms with van der Waals surface area (Å²) >= 11 is 0. The first-order valence-electron chi connectivity index (χ1n) is 14.6. The van der Waals surface area contributed by atoms with Gasteiger partial charge in [-0.1, -0.05) is 18.2 Å². The van der Waals surface area contributed by atoms with E-state index in [2.05, 4.69) is 4.90 Å². The minimum atomic E-state index is -4.50. The molecule has 4 heterocycles. The molecule has 2 aromatic rings. The van der Waals surface area contributed by atoms with E-state index in [0.29, 0.717) is 49.4 Å². The van der Waals surface area contributed by atoms with Gasteiger partial charge >= 0.3 is 6.18 Å². The van der Waals surface area contributed by atoms with E-state index in [9.17, 15) is 32.7 Å². The molecule has 0 spiro atoms. The summed E-state index contributed by atoms with van der Waals surface area (Å²) in [4.78, 5) is 44.8. The van der Waals surface area contributed by atoms with Crippen LogP contribution in [0.1, 0.15) is 70.4 Å². The van der Waals surface area contributed by atoms with Crippen molar-refractivity contribution in [3.63, 3.8) is 0 Å². The molecular formula is C31H34F3N3O5. The quantitative estimate of drug-likeness (QED) is 0.529. The van der Waals surface area contributed by atoms with Crippen molar-refractivity contribution in [3.05, 3.63) is 64.7 Å². The molecule has 3 amide bonds. The molecule has 224 valence electrons. The summed E-state index contributed by atoms with van der Waals surface area (Å²) in [5.74, 6) is -0.854. The molecule has 8 nitrogen and oxygen atoms in total. The molecule has 3 fully saturated rings. The normalized spacial score (nSPS) is 23.0. The maximum atomic E-state index is 13.4. The summed E-state index contributed by atoms with van der Waals surface area (Å²) in [5.41, 5.74) is -0.488. The molecule has 2 aromatic carbocycles. The second-order valence-electron chi connectivity index (χ2n) is 11.8. The Morgan fingerprint density at radius 1 is 0.976 bits per heavy atom. The Labute approximate surface area is 242 Å². The third-order valence-electron chi connectivity index (χ3n) is 9.20. The Balaban J connectivity index is 1.07. The van der Waals surface area contributed by atoms with Crippen molar-refractivity contribution in [3.8, 4) is 0 Å². The lowest BCUT2D eigenvalue weighted by Crippen LogP contribution is -2.49. The van der Waals surface area contributed by atoms with E-state index in [1.54, 1.807) is 17.0 Å². The fourth-order valence-electron chi connectivity index (χ4n) is 6.73. The SMILES string of the molecule is O=C(C1CCN(c2cccc3c2C(=O)N(C[C@@H]2CCCO2)C3=O)CC1)N1CCC(O)(c2cccc(C(F)(F)F)c2)CC1. The van der Waals surface area contributed by atoms with E-state index in [-0.39, 0.29) is 67.8 Å². The monoisotopic (exact) mass is 585 g/mol. The number of benzene rings is 2. The van der Waals surface area contributed by atoms with Gasteiger partial charge in [0.1, 0.15) is 0 Å². The summed E-state index contributed by atoms with van der Waals surface area (Å²) in [6.45, 7) is 2.50. The van der Waals surface area contributed by atoms with E-state index in [1.807, 2.05) is 6.07 Å². The van der Waals surface area contributed by atoms with E-state index in [4.69, 9.17) is 4.74 Å². The van der Waals surface area contributed by atoms with Crippen LogP contribution < -0.4 is 4.90 Å². The predicted molar refractivity (Wildman–Crippen MR) is 147 cm³/mol. The Hall–Kier alpha value is -3.44. The average Bonchev–Trinajstić information content (AvgIpc) is 3.60. The molecule has 6 rings (SSSR count). The van der Waals surface area contributed by atoms with Crippen molar-refractivity contribution in [2.45, 2.75) is 56.4 Å². The third-order valence-corrected chi connectivity index (χ3v) is 9.20. The number of alkyl halides is 3. The van der Waals surface area contributed by atoms with Gasteiger partial charge in [0.15, 0.2) is 0 Å². The first-order valence-corrected chi connectivity index (χ1v) is 14.6. The average molecular weight is 586 g/mol. The van der Waals surface area contributed by atoms with Crippen LogP contribution in [0.15, 0.2) is 42.5 Å². The molecule has 0 bridgehead atoms. The van der Waals surface area contributed by atoms with Crippen LogP contribution >= 0.6 is 0 Å². The smallest absolute Gasteiger partial charge is 0.385 e. The minimum Gasteiger partial charge on any atom is -0.385 e. The number of anilines is 1. The maximum Gasteiger partial charge on any atom is 0.416 e. The van der Waals surface area contributed by atoms with Crippen molar-refractivity contribution in [2.75, 3.05) is 44.2 Å². The summed E-state index contributed by atoms with van der Waals surface area (Å²) in [5, 5.41) is 11.1. The third kappa shape index (κ3) is 5.28. The standard InChI is InChI=1S/C31H34F3N3O5/c32-31(33,34)22-5-1-4-21(18-22)30(41)11-15-36(16-12-30)27(38)20-9-13-35(14-10-20)25-8-2-7-24-26(25)29(40)37(28(24)39)19-23-6-3-17-42-23/h1-2,4-5,7-8,18,20,23,41H,3,6,9-17,19H2/t23-/m0/s1. The van der Waals surface area contributed by atoms with Gasteiger partial charge in [-0.3, -0.25) is 19.3 Å². The fraction of sp³-hybridized carbons (Fsp3) is 0.516. The number of carbonyl (C=O) groups excluding carboxylic acids is 3. The fourth-order valence-corrected chi connectivity index (χ4v) is 6.73. The number of nitrogens with zero attached hydrogens (tertiary/aromatic N) is 3. The molecule has 11 heteroatoms. The number of aliphatic hydroxyl groups is 1. The van der Waals surface area contributed by atoms with Crippen LogP contribution in [-0.4, -0.2) is 78.1 Å². The molecule has 4 aliphatic rings. The molecule has 3 saturated heterocycles. The molecule has 42 heavy (non-hydrogen) atoms. The van der Waals surface area contributed by atoms with Crippen LogP contribution in [0.25, 0.3) is 0 Å². The zero-order valence-electron chi connectivity index (χ0n) is 23.2. The van der Waals surface area contributed by atoms with Crippen molar-refractivity contribution in [1.82, 2.24) is 9.80 Å². The number of amides is 3. The summed E-state index contributed by atoms with van der Waals surface area (Å²) in [6.07, 6.45) is -1.43. The van der Waals surface area contributed by atoms with E-state index in [0.717, 1.165) is 25.0 Å². The lowest BCUT2D eigenvalue weighted by Gasteiger charge is -2.41. The minimum absolute atomic E-state index is 0.0203. The van der Waals surface area contributed by atoms with Crippen LogP contribution in [-0.2, 0) is 21.3 Å². The maximum absolute atomic E-state index is 13.4. The van der Waals surface area contributed by atoms with Gasteiger partial charge in [-0.25, -0.2) is 0 Å². The predicted octanol–water partition coefficient (Wildman–Crippen LogP) is 4.21. The van der Waals surface area contributed by atoms with Gasteiger partial charge in [0.25, 0.3) is 11.8 Å². The van der Waals surface area contributed by atoms with E-state index >= 15 is 0 Å². The van der Waals surface area contributed by atoms with Crippen LogP contribution in [0.2, 0.25) is 0 Å². The molecule has 1 atom stereocenters. The Morgan fingerprint density at radius 2 is 1.69 bits per heavy atom. The van der Waals surface area contributed by atoms with Gasteiger partial charge in [-0.15, -0.1) is 0 Å². The molecule has 0 saturated carbocycles. The molecule has 1 N–H and O–H groups in total. The molecule has 0 aromatic heterocycles. The van der Waals surface area contributed by atoms with E-state index < -0.39 is 17.3 Å². The number of carbonyl (C=O) groups is 3. The van der Waals surface area contributed by atoms with E-state index in [1.165, 1.54) is 17.0 Å². The Kier molecular flexibility index (Phi) is 7.51. The molecule has 0 aliphatic carbocycles. The summed E-state index contributed by atoms with van der Waals surface area (Å²) in [7, 11) is 0. The van der Waals surface area contributed by atoms with Crippen LogP contribution in [0.3, 0.4) is 0 Å². The number of hydrogen-bond acceptors (Lipinski definition) is 6. The van der Waals surface area contributed by atoms with Crippen LogP contribution in [0.5, 0.6) is 0 Å². The number of rotatable bonds is 5. The number of halogens is 3. The second kappa shape index (κ2) is 11.0. The molecule has 0 radical (unpaired) electrons. The highest BCUT2D eigenvalue weighted by molar-refractivity contribution is 6.23. The number of hydrogen-bond donors (Lipinski definition) is 1. The number of fused-ring (bicyclic) bond motifs is 1. The van der Waals surface area contributed by atoms with Gasteiger partial charge in [-0.05, 0) is 68.4 Å². The number of ether oxygens (including phenoxy) is 1. The highest BCUT2D eigenvalue weighted by Gasteiger charge is 2.42. The molecular weight excluding hydrogens is 551 g/mol. The van der Waals surface area contributed by atoms with Gasteiger partial charge in [-0.2, -0.15) is 13.2 Å². The first-order chi connectivity index (χ1) is 20.0. The van der Waals surface area contributed by atoms with Gasteiger partial charge in [0, 0.05) is 38.7 Å². The molecule has 4 aliphatic heterocycles. The Morgan fingerprint density at radius 3 is 2.36 bits per heavy atom. The number of piperidine rings is 2. The zero-order chi connectivity index (χ0) is 29.6.